The molecule has 1 fully saturated rings. The Bertz CT molecular complexity index is 729. The zero-order valence-electron chi connectivity index (χ0n) is 15.7. The molecular formula is C15H22N6O4S3. The summed E-state index contributed by atoms with van der Waals surface area (Å²) in [6.07, 6.45) is -0.119. The molecule has 1 amide bonds. The number of carboxylic acid groups (broad SMARTS) is 1. The normalized spacial score (nSPS) is 26.2. The number of β-lactam (4-membered cyclic amide) rings is 1. The van der Waals surface area contributed by atoms with Crippen LogP contribution in [0.3, 0.4) is 0 Å². The predicted octanol–water partition coefficient (Wildman–Crippen LogP) is 2.06. The van der Waals surface area contributed by atoms with Crippen LogP contribution in [0.1, 0.15) is 13.3 Å². The molecule has 10 nitrogen and oxygen atoms in total. The first-order chi connectivity index (χ1) is 13.3. The van der Waals surface area contributed by atoms with Crippen molar-refractivity contribution in [3.8, 4) is 0 Å². The van der Waals surface area contributed by atoms with E-state index in [-0.39, 0.29) is 17.0 Å². The molecule has 0 aromatic rings. The number of aliphatic hydroxyl groups excluding tert-OH is 1. The average molecular weight is 447 g/mol. The number of aliphatic hydroxyl groups is 1. The number of hydrogen-bond acceptors (Lipinski definition) is 11. The molecule has 3 rings (SSSR count). The Labute approximate surface area is 175 Å². The number of fused-ring (bicyclic) bond motifs is 1. The molecule has 0 aliphatic carbocycles. The van der Waals surface area contributed by atoms with Gasteiger partial charge < -0.3 is 15.1 Å². The maximum Gasteiger partial charge on any atom is 0.354 e. The van der Waals surface area contributed by atoms with Crippen LogP contribution in [-0.2, 0) is 9.59 Å². The van der Waals surface area contributed by atoms with Gasteiger partial charge >= 0.3 is 5.97 Å². The first kappa shape index (κ1) is 21.6. The van der Waals surface area contributed by atoms with Crippen LogP contribution in [0.2, 0.25) is 0 Å². The number of rotatable bonds is 10. The van der Waals surface area contributed by atoms with Gasteiger partial charge in [-0.2, -0.15) is 0 Å². The Balaban J connectivity index is 1.57. The second kappa shape index (κ2) is 8.69. The van der Waals surface area contributed by atoms with Gasteiger partial charge in [0.15, 0.2) is 5.70 Å². The number of aliphatic carboxylic acids is 1. The topological polar surface area (TPSA) is 131 Å². The van der Waals surface area contributed by atoms with Gasteiger partial charge in [0, 0.05) is 24.5 Å². The lowest BCUT2D eigenvalue weighted by Gasteiger charge is -2.43. The molecule has 13 heteroatoms. The van der Waals surface area contributed by atoms with E-state index in [4.69, 9.17) is 0 Å². The summed E-state index contributed by atoms with van der Waals surface area (Å²) in [7, 11) is 3.94. The molecular weight excluding hydrogens is 424 g/mol. The molecule has 1 saturated heterocycles. The van der Waals surface area contributed by atoms with E-state index in [0.29, 0.717) is 22.2 Å². The van der Waals surface area contributed by atoms with Gasteiger partial charge in [-0.25, -0.2) is 4.79 Å². The summed E-state index contributed by atoms with van der Waals surface area (Å²) >= 11 is 4.26. The highest BCUT2D eigenvalue weighted by molar-refractivity contribution is 8.23. The van der Waals surface area contributed by atoms with Crippen molar-refractivity contribution in [2.45, 2.75) is 29.8 Å². The maximum absolute atomic E-state index is 12.2. The van der Waals surface area contributed by atoms with Gasteiger partial charge in [-0.05, 0) is 31.5 Å². The average Bonchev–Trinajstić information content (AvgIpc) is 3.20. The lowest BCUT2D eigenvalue weighted by molar-refractivity contribution is -0.156. The molecule has 3 aliphatic heterocycles. The van der Waals surface area contributed by atoms with Crippen molar-refractivity contribution < 1.29 is 19.8 Å². The molecule has 3 atom stereocenters. The van der Waals surface area contributed by atoms with Crippen LogP contribution < -0.4 is 0 Å². The maximum atomic E-state index is 12.2. The summed E-state index contributed by atoms with van der Waals surface area (Å²) in [5.74, 6) is -0.703. The SMILES string of the molecule is CC(O)[C@H]1C(=O)N2C(C(=O)O)=C(SCCSC3(CCN(C)C)N=NN=N3)S[C@H]12. The van der Waals surface area contributed by atoms with Crippen LogP contribution in [0, 0.1) is 5.92 Å². The first-order valence-electron chi connectivity index (χ1n) is 8.67. The molecule has 0 radical (unpaired) electrons. The second-order valence-electron chi connectivity index (χ2n) is 6.80. The minimum Gasteiger partial charge on any atom is -0.477 e. The number of hydrogen-bond donors (Lipinski definition) is 2. The smallest absolute Gasteiger partial charge is 0.354 e. The molecule has 0 spiro atoms. The molecule has 0 saturated carbocycles. The first-order valence-corrected chi connectivity index (χ1v) is 11.5. The molecule has 0 aromatic carbocycles. The Hall–Kier alpha value is -1.15. The summed E-state index contributed by atoms with van der Waals surface area (Å²) in [5, 5.41) is 34.6. The van der Waals surface area contributed by atoms with E-state index in [0.717, 1.165) is 6.54 Å². The fourth-order valence-electron chi connectivity index (χ4n) is 2.99. The number of thioether (sulfide) groups is 3. The van der Waals surface area contributed by atoms with Gasteiger partial charge in [-0.15, -0.1) is 33.8 Å². The minimum atomic E-state index is -1.12. The summed E-state index contributed by atoms with van der Waals surface area (Å²) in [6.45, 7) is 2.35. The van der Waals surface area contributed by atoms with Crippen molar-refractivity contribution >= 4 is 47.2 Å². The summed E-state index contributed by atoms with van der Waals surface area (Å²) < 4.78 is 0.603. The van der Waals surface area contributed by atoms with E-state index in [9.17, 15) is 19.8 Å². The summed E-state index contributed by atoms with van der Waals surface area (Å²) in [6, 6.07) is 0. The van der Waals surface area contributed by atoms with Gasteiger partial charge in [-0.1, -0.05) is 11.8 Å². The third-order valence-electron chi connectivity index (χ3n) is 4.44. The van der Waals surface area contributed by atoms with Crippen molar-refractivity contribution in [3.05, 3.63) is 9.93 Å². The molecule has 2 N–H and O–H groups in total. The van der Waals surface area contributed by atoms with E-state index in [1.54, 1.807) is 6.92 Å². The molecule has 154 valence electrons. The number of nitrogens with zero attached hydrogens (tertiary/aromatic N) is 6. The van der Waals surface area contributed by atoms with Gasteiger partial charge in [0.25, 0.3) is 0 Å². The largest absolute Gasteiger partial charge is 0.477 e. The zero-order valence-corrected chi connectivity index (χ0v) is 18.1. The molecule has 0 bridgehead atoms. The van der Waals surface area contributed by atoms with Crippen molar-refractivity contribution in [3.63, 3.8) is 0 Å². The molecule has 3 heterocycles. The van der Waals surface area contributed by atoms with Crippen molar-refractivity contribution in [2.24, 2.45) is 26.6 Å². The lowest BCUT2D eigenvalue weighted by atomic mass is 9.92. The van der Waals surface area contributed by atoms with E-state index in [2.05, 4.69) is 20.7 Å². The number of amides is 1. The monoisotopic (exact) mass is 446 g/mol. The quantitative estimate of drug-likeness (QED) is 0.385. The number of carbonyl (C=O) groups is 2. The van der Waals surface area contributed by atoms with Crippen molar-refractivity contribution in [1.82, 2.24) is 9.80 Å². The number of carboxylic acids is 1. The summed E-state index contributed by atoms with van der Waals surface area (Å²) in [4.78, 5) is 26.5. The third kappa shape index (κ3) is 4.22. The van der Waals surface area contributed by atoms with Gasteiger partial charge in [-0.3, -0.25) is 9.69 Å². The third-order valence-corrected chi connectivity index (χ3v) is 8.60. The van der Waals surface area contributed by atoms with Crippen LogP contribution in [0.25, 0.3) is 0 Å². The van der Waals surface area contributed by atoms with Crippen molar-refractivity contribution in [1.29, 1.82) is 0 Å². The van der Waals surface area contributed by atoms with E-state index in [1.165, 1.54) is 40.2 Å². The van der Waals surface area contributed by atoms with Crippen LogP contribution >= 0.6 is 35.3 Å². The van der Waals surface area contributed by atoms with E-state index in [1.807, 2.05) is 19.0 Å². The Morgan fingerprint density at radius 2 is 2.04 bits per heavy atom. The van der Waals surface area contributed by atoms with Crippen molar-refractivity contribution in [2.75, 3.05) is 32.1 Å². The molecule has 1 unspecified atom stereocenters. The standard InChI is InChI=1S/C15H22N6O4S3/c1-8(22)9-11(23)21-10(13(24)25)14(28-12(9)21)26-6-7-27-15(4-5-20(2)3)16-18-19-17-15/h8-9,12,22H,4-7H2,1-3H3,(H,24,25)/t8?,9-,12+/m0/s1. The fraction of sp³-hybridized carbons (Fsp3) is 0.733. The Morgan fingerprint density at radius 3 is 2.61 bits per heavy atom. The molecule has 28 heavy (non-hydrogen) atoms. The van der Waals surface area contributed by atoms with E-state index >= 15 is 0 Å². The Morgan fingerprint density at radius 1 is 1.36 bits per heavy atom. The van der Waals surface area contributed by atoms with E-state index < -0.39 is 23.0 Å². The second-order valence-corrected chi connectivity index (χ2v) is 10.6. The Kier molecular flexibility index (Phi) is 6.69. The highest BCUT2D eigenvalue weighted by atomic mass is 32.2. The lowest BCUT2D eigenvalue weighted by Crippen LogP contribution is -2.60. The fourth-order valence-corrected chi connectivity index (χ4v) is 7.05. The van der Waals surface area contributed by atoms with Crippen LogP contribution in [0.4, 0.5) is 0 Å². The molecule has 3 aliphatic rings. The van der Waals surface area contributed by atoms with Crippen LogP contribution in [0.5, 0.6) is 0 Å². The van der Waals surface area contributed by atoms with Gasteiger partial charge in [0.2, 0.25) is 10.9 Å². The minimum absolute atomic E-state index is 0.0227. The van der Waals surface area contributed by atoms with Crippen LogP contribution in [-0.4, -0.2) is 80.5 Å². The van der Waals surface area contributed by atoms with Gasteiger partial charge in [0.05, 0.1) is 16.3 Å². The number of carbonyl (C=O) groups excluding carboxylic acids is 1. The summed E-state index contributed by atoms with van der Waals surface area (Å²) in [5.41, 5.74) is 0.0227. The van der Waals surface area contributed by atoms with Gasteiger partial charge in [0.1, 0.15) is 5.37 Å². The van der Waals surface area contributed by atoms with Crippen LogP contribution in [0.15, 0.2) is 30.6 Å². The zero-order chi connectivity index (χ0) is 20.5. The predicted molar refractivity (Wildman–Crippen MR) is 109 cm³/mol. The highest BCUT2D eigenvalue weighted by Crippen LogP contribution is 2.53. The highest BCUT2D eigenvalue weighted by Gasteiger charge is 2.57. The molecule has 0 aromatic heterocycles.